The van der Waals surface area contributed by atoms with E-state index in [1.54, 1.807) is 6.92 Å². The second kappa shape index (κ2) is 4.46. The highest BCUT2D eigenvalue weighted by Gasteiger charge is 2.16. The largest absolute Gasteiger partial charge is 0.310 e. The first kappa shape index (κ1) is 11.0. The van der Waals surface area contributed by atoms with E-state index in [1.165, 1.54) is 0 Å². The molecule has 0 saturated heterocycles. The summed E-state index contributed by atoms with van der Waals surface area (Å²) in [6, 6.07) is 0.916. The van der Waals surface area contributed by atoms with E-state index < -0.39 is 23.5 Å². The molecule has 4 heteroatoms. The van der Waals surface area contributed by atoms with E-state index >= 15 is 0 Å². The molecule has 0 bridgehead atoms. The Kier molecular flexibility index (Phi) is 3.52. The van der Waals surface area contributed by atoms with Gasteiger partial charge in [0.1, 0.15) is 17.5 Å². The second-order valence-corrected chi connectivity index (χ2v) is 3.06. The van der Waals surface area contributed by atoms with Gasteiger partial charge in [-0.25, -0.2) is 13.2 Å². The maximum atomic E-state index is 13.2. The number of benzene rings is 1. The van der Waals surface area contributed by atoms with Crippen LogP contribution in [0, 0.1) is 17.5 Å². The second-order valence-electron chi connectivity index (χ2n) is 3.06. The van der Waals surface area contributed by atoms with Crippen LogP contribution in [0.1, 0.15) is 25.5 Å². The van der Waals surface area contributed by atoms with Crippen molar-refractivity contribution in [3.63, 3.8) is 0 Å². The van der Waals surface area contributed by atoms with E-state index in [-0.39, 0.29) is 5.56 Å². The molecule has 14 heavy (non-hydrogen) atoms. The molecule has 0 aromatic heterocycles. The minimum absolute atomic E-state index is 0.117. The summed E-state index contributed by atoms with van der Waals surface area (Å²) < 4.78 is 38.9. The van der Waals surface area contributed by atoms with Crippen LogP contribution < -0.4 is 5.32 Å². The molecule has 78 valence electrons. The zero-order valence-corrected chi connectivity index (χ0v) is 8.07. The molecule has 0 saturated carbocycles. The van der Waals surface area contributed by atoms with Crippen LogP contribution in [-0.2, 0) is 0 Å². The van der Waals surface area contributed by atoms with Gasteiger partial charge in [0.25, 0.3) is 0 Å². The van der Waals surface area contributed by atoms with Gasteiger partial charge in [-0.3, -0.25) is 0 Å². The maximum Gasteiger partial charge on any atom is 0.133 e. The first-order valence-corrected chi connectivity index (χ1v) is 4.44. The molecule has 0 aliphatic carbocycles. The van der Waals surface area contributed by atoms with Gasteiger partial charge in [0, 0.05) is 23.7 Å². The molecule has 1 N–H and O–H groups in total. The fourth-order valence-corrected chi connectivity index (χ4v) is 1.38. The summed E-state index contributed by atoms with van der Waals surface area (Å²) >= 11 is 0. The lowest BCUT2D eigenvalue weighted by molar-refractivity contribution is 0.481. The molecule has 1 rings (SSSR count). The van der Waals surface area contributed by atoms with Crippen molar-refractivity contribution in [2.24, 2.45) is 0 Å². The molecule has 0 radical (unpaired) electrons. The lowest BCUT2D eigenvalue weighted by atomic mass is 10.1. The first-order chi connectivity index (χ1) is 6.56. The number of rotatable bonds is 3. The smallest absolute Gasteiger partial charge is 0.133 e. The van der Waals surface area contributed by atoms with Gasteiger partial charge in [0.05, 0.1) is 0 Å². The number of hydrogen-bond donors (Lipinski definition) is 1. The normalized spacial score (nSPS) is 12.9. The van der Waals surface area contributed by atoms with Crippen molar-refractivity contribution in [3.8, 4) is 0 Å². The molecular formula is C10H12F3N. The van der Waals surface area contributed by atoms with Crippen LogP contribution in [0.2, 0.25) is 0 Å². The summed E-state index contributed by atoms with van der Waals surface area (Å²) in [4.78, 5) is 0. The van der Waals surface area contributed by atoms with Gasteiger partial charge in [-0.2, -0.15) is 0 Å². The standard InChI is InChI=1S/C10H12F3N/c1-3-14-6(2)10-8(12)4-7(11)5-9(10)13/h4-6,14H,3H2,1-2H3. The molecule has 0 aliphatic rings. The predicted molar refractivity (Wildman–Crippen MR) is 48.4 cm³/mol. The minimum Gasteiger partial charge on any atom is -0.310 e. The Morgan fingerprint density at radius 1 is 1.21 bits per heavy atom. The van der Waals surface area contributed by atoms with Crippen LogP contribution in [0.3, 0.4) is 0 Å². The Morgan fingerprint density at radius 3 is 2.14 bits per heavy atom. The SMILES string of the molecule is CCNC(C)c1c(F)cc(F)cc1F. The van der Waals surface area contributed by atoms with Crippen molar-refractivity contribution >= 4 is 0 Å². The zero-order valence-electron chi connectivity index (χ0n) is 8.07. The molecule has 1 atom stereocenters. The Hall–Kier alpha value is -1.03. The van der Waals surface area contributed by atoms with Crippen molar-refractivity contribution in [2.45, 2.75) is 19.9 Å². The van der Waals surface area contributed by atoms with E-state index in [4.69, 9.17) is 0 Å². The number of nitrogens with one attached hydrogen (secondary N) is 1. The lowest BCUT2D eigenvalue weighted by Gasteiger charge is -2.14. The van der Waals surface area contributed by atoms with Crippen molar-refractivity contribution < 1.29 is 13.2 Å². The van der Waals surface area contributed by atoms with Crippen molar-refractivity contribution in [3.05, 3.63) is 35.1 Å². The van der Waals surface area contributed by atoms with Crippen LogP contribution >= 0.6 is 0 Å². The fraction of sp³-hybridized carbons (Fsp3) is 0.400. The molecule has 1 nitrogen and oxygen atoms in total. The first-order valence-electron chi connectivity index (χ1n) is 4.44. The molecule has 1 aromatic rings. The average Bonchev–Trinajstić information content (AvgIpc) is 2.01. The van der Waals surface area contributed by atoms with Gasteiger partial charge in [0.15, 0.2) is 0 Å². The predicted octanol–water partition coefficient (Wildman–Crippen LogP) is 2.77. The van der Waals surface area contributed by atoms with E-state index in [9.17, 15) is 13.2 Å². The maximum absolute atomic E-state index is 13.2. The summed E-state index contributed by atoms with van der Waals surface area (Å²) in [6.45, 7) is 4.05. The van der Waals surface area contributed by atoms with Crippen molar-refractivity contribution in [2.75, 3.05) is 6.54 Å². The number of hydrogen-bond acceptors (Lipinski definition) is 1. The van der Waals surface area contributed by atoms with Gasteiger partial charge in [-0.1, -0.05) is 6.92 Å². The topological polar surface area (TPSA) is 12.0 Å². The molecule has 0 heterocycles. The van der Waals surface area contributed by atoms with Gasteiger partial charge >= 0.3 is 0 Å². The van der Waals surface area contributed by atoms with Gasteiger partial charge < -0.3 is 5.32 Å². The van der Waals surface area contributed by atoms with Crippen LogP contribution in [0.25, 0.3) is 0 Å². The summed E-state index contributed by atoms with van der Waals surface area (Å²) in [5.41, 5.74) is -0.117. The lowest BCUT2D eigenvalue weighted by Crippen LogP contribution is -2.20. The highest BCUT2D eigenvalue weighted by molar-refractivity contribution is 5.23. The summed E-state index contributed by atoms with van der Waals surface area (Å²) in [5.74, 6) is -2.60. The van der Waals surface area contributed by atoms with E-state index in [0.717, 1.165) is 0 Å². The van der Waals surface area contributed by atoms with Crippen LogP contribution in [-0.4, -0.2) is 6.54 Å². The highest BCUT2D eigenvalue weighted by atomic mass is 19.1. The van der Waals surface area contributed by atoms with E-state index in [0.29, 0.717) is 18.7 Å². The summed E-state index contributed by atoms with van der Waals surface area (Å²) in [5, 5.41) is 2.86. The minimum atomic E-state index is -0.896. The third-order valence-corrected chi connectivity index (χ3v) is 1.99. The molecule has 0 amide bonds. The molecule has 1 aromatic carbocycles. The summed E-state index contributed by atoms with van der Waals surface area (Å²) in [6.07, 6.45) is 0. The van der Waals surface area contributed by atoms with Crippen molar-refractivity contribution in [1.29, 1.82) is 0 Å². The fourth-order valence-electron chi connectivity index (χ4n) is 1.38. The molecule has 0 spiro atoms. The van der Waals surface area contributed by atoms with Crippen LogP contribution in [0.5, 0.6) is 0 Å². The monoisotopic (exact) mass is 203 g/mol. The third-order valence-electron chi connectivity index (χ3n) is 1.99. The zero-order chi connectivity index (χ0) is 10.7. The molecular weight excluding hydrogens is 191 g/mol. The quantitative estimate of drug-likeness (QED) is 0.796. The van der Waals surface area contributed by atoms with Crippen LogP contribution in [0.4, 0.5) is 13.2 Å². The Morgan fingerprint density at radius 2 is 1.71 bits per heavy atom. The van der Waals surface area contributed by atoms with E-state index in [2.05, 4.69) is 5.32 Å². The van der Waals surface area contributed by atoms with Gasteiger partial charge in [0.2, 0.25) is 0 Å². The van der Waals surface area contributed by atoms with Crippen LogP contribution in [0.15, 0.2) is 12.1 Å². The highest BCUT2D eigenvalue weighted by Crippen LogP contribution is 2.21. The van der Waals surface area contributed by atoms with Gasteiger partial charge in [-0.05, 0) is 13.5 Å². The number of halogens is 3. The Bertz CT molecular complexity index is 302. The van der Waals surface area contributed by atoms with E-state index in [1.807, 2.05) is 6.92 Å². The summed E-state index contributed by atoms with van der Waals surface area (Å²) in [7, 11) is 0. The average molecular weight is 203 g/mol. The molecule has 0 fully saturated rings. The Balaban J connectivity index is 3.07. The molecule has 1 unspecified atom stereocenters. The van der Waals surface area contributed by atoms with Gasteiger partial charge in [-0.15, -0.1) is 0 Å². The third kappa shape index (κ3) is 2.26. The molecule has 0 aliphatic heterocycles. The Labute approximate surface area is 80.9 Å². The van der Waals surface area contributed by atoms with Crippen molar-refractivity contribution in [1.82, 2.24) is 5.32 Å².